The maximum absolute atomic E-state index is 11.5. The van der Waals surface area contributed by atoms with Gasteiger partial charge in [-0.25, -0.2) is 4.79 Å². The number of Topliss-reactive ketones (excluding diaryl/α,β-unsaturated/α-hetero) is 1. The van der Waals surface area contributed by atoms with Crippen molar-refractivity contribution in [3.05, 3.63) is 35.4 Å². The second kappa shape index (κ2) is 6.46. The number of carbonyl (C=O) groups is 2. The third-order valence-corrected chi connectivity index (χ3v) is 1.94. The summed E-state index contributed by atoms with van der Waals surface area (Å²) in [6, 6.07) is 6.41. The van der Waals surface area contributed by atoms with E-state index in [0.29, 0.717) is 5.56 Å². The van der Waals surface area contributed by atoms with Gasteiger partial charge in [0.05, 0.1) is 13.2 Å². The molecule has 0 atom stereocenters. The Bertz CT molecular complexity index is 466. The molecule has 0 unspecified atom stereocenters. The summed E-state index contributed by atoms with van der Waals surface area (Å²) < 4.78 is 4.62. The molecule has 0 aromatic heterocycles. The highest BCUT2D eigenvalue weighted by atomic mass is 16.5. The highest BCUT2D eigenvalue weighted by Gasteiger charge is 2.16. The van der Waals surface area contributed by atoms with E-state index in [-0.39, 0.29) is 13.2 Å². The van der Waals surface area contributed by atoms with Crippen LogP contribution in [0.2, 0.25) is 0 Å². The molecular formula is C13H13NO3. The molecule has 0 amide bonds. The van der Waals surface area contributed by atoms with Crippen LogP contribution >= 0.6 is 0 Å². The molecule has 0 spiro atoms. The first-order valence-corrected chi connectivity index (χ1v) is 5.19. The quantitative estimate of drug-likeness (QED) is 0.360. The number of hydrogen-bond donors (Lipinski definition) is 1. The summed E-state index contributed by atoms with van der Waals surface area (Å²) in [4.78, 5) is 22.7. The number of ether oxygens (including phenoxy) is 1. The van der Waals surface area contributed by atoms with Gasteiger partial charge in [0.15, 0.2) is 0 Å². The molecule has 1 aromatic rings. The Morgan fingerprint density at radius 1 is 1.29 bits per heavy atom. The Balaban J connectivity index is 2.80. The van der Waals surface area contributed by atoms with E-state index < -0.39 is 11.8 Å². The third-order valence-electron chi connectivity index (χ3n) is 1.94. The van der Waals surface area contributed by atoms with Gasteiger partial charge in [0.1, 0.15) is 0 Å². The Hall–Kier alpha value is -2.12. The lowest BCUT2D eigenvalue weighted by Gasteiger charge is -2.00. The Kier molecular flexibility index (Phi) is 4.92. The summed E-state index contributed by atoms with van der Waals surface area (Å²) in [6.45, 7) is 2.12. The second-order valence-corrected chi connectivity index (χ2v) is 3.13. The molecule has 0 saturated carbocycles. The predicted molar refractivity (Wildman–Crippen MR) is 63.3 cm³/mol. The summed E-state index contributed by atoms with van der Waals surface area (Å²) in [5, 5.41) is 0. The molecule has 0 heterocycles. The van der Waals surface area contributed by atoms with E-state index in [1.54, 1.807) is 31.2 Å². The first-order valence-electron chi connectivity index (χ1n) is 5.19. The molecule has 0 fully saturated rings. The van der Waals surface area contributed by atoms with Gasteiger partial charge in [-0.3, -0.25) is 4.79 Å². The van der Waals surface area contributed by atoms with Gasteiger partial charge in [-0.05, 0) is 31.2 Å². The van der Waals surface area contributed by atoms with E-state index in [0.717, 1.165) is 5.56 Å². The maximum atomic E-state index is 11.5. The summed E-state index contributed by atoms with van der Waals surface area (Å²) in [7, 11) is 0. The van der Waals surface area contributed by atoms with Crippen molar-refractivity contribution >= 4 is 11.8 Å². The fraction of sp³-hybridized carbons (Fsp3) is 0.231. The number of benzene rings is 1. The SMILES string of the molecule is CCOC(=O)C(=O)c1ccc(C#CCN)cc1. The molecule has 0 aliphatic carbocycles. The van der Waals surface area contributed by atoms with Crippen LogP contribution in [-0.4, -0.2) is 24.9 Å². The number of rotatable bonds is 3. The number of hydrogen-bond acceptors (Lipinski definition) is 4. The van der Waals surface area contributed by atoms with Gasteiger partial charge < -0.3 is 10.5 Å². The average molecular weight is 231 g/mol. The lowest BCUT2D eigenvalue weighted by Crippen LogP contribution is -2.17. The molecule has 0 radical (unpaired) electrons. The highest BCUT2D eigenvalue weighted by molar-refractivity contribution is 6.40. The van der Waals surface area contributed by atoms with Crippen molar-refractivity contribution < 1.29 is 14.3 Å². The molecule has 4 heteroatoms. The Morgan fingerprint density at radius 2 is 1.94 bits per heavy atom. The summed E-state index contributed by atoms with van der Waals surface area (Å²) in [6.07, 6.45) is 0. The van der Waals surface area contributed by atoms with Crippen LogP contribution in [0, 0.1) is 11.8 Å². The van der Waals surface area contributed by atoms with Crippen molar-refractivity contribution in [3.8, 4) is 11.8 Å². The van der Waals surface area contributed by atoms with E-state index in [2.05, 4.69) is 16.6 Å². The fourth-order valence-electron chi connectivity index (χ4n) is 1.17. The van der Waals surface area contributed by atoms with Crippen molar-refractivity contribution in [3.63, 3.8) is 0 Å². The van der Waals surface area contributed by atoms with Crippen molar-refractivity contribution in [2.75, 3.05) is 13.2 Å². The molecule has 0 bridgehead atoms. The standard InChI is InChI=1S/C13H13NO3/c1-2-17-13(16)12(15)11-7-5-10(6-8-11)4-3-9-14/h5-8H,2,9,14H2,1H3. The minimum absolute atomic E-state index is 0.185. The first-order chi connectivity index (χ1) is 8.19. The normalized spacial score (nSPS) is 9.06. The van der Waals surface area contributed by atoms with Gasteiger partial charge >= 0.3 is 5.97 Å². The van der Waals surface area contributed by atoms with Crippen molar-refractivity contribution in [2.24, 2.45) is 5.73 Å². The lowest BCUT2D eigenvalue weighted by molar-refractivity contribution is -0.137. The van der Waals surface area contributed by atoms with Crippen LogP contribution in [0.4, 0.5) is 0 Å². The highest BCUT2D eigenvalue weighted by Crippen LogP contribution is 2.05. The minimum atomic E-state index is -0.840. The van der Waals surface area contributed by atoms with E-state index in [9.17, 15) is 9.59 Å². The van der Waals surface area contributed by atoms with Crippen LogP contribution in [-0.2, 0) is 9.53 Å². The largest absolute Gasteiger partial charge is 0.460 e. The zero-order valence-electron chi connectivity index (χ0n) is 9.53. The molecule has 0 aliphatic rings. The third kappa shape index (κ3) is 3.74. The lowest BCUT2D eigenvalue weighted by atomic mass is 10.1. The van der Waals surface area contributed by atoms with Crippen LogP contribution in [0.1, 0.15) is 22.8 Å². The zero-order valence-corrected chi connectivity index (χ0v) is 9.53. The van der Waals surface area contributed by atoms with Gasteiger partial charge in [0.2, 0.25) is 0 Å². The van der Waals surface area contributed by atoms with Gasteiger partial charge in [0, 0.05) is 11.1 Å². The number of carbonyl (C=O) groups excluding carboxylic acids is 2. The van der Waals surface area contributed by atoms with Gasteiger partial charge in [0.25, 0.3) is 5.78 Å². The second-order valence-electron chi connectivity index (χ2n) is 3.13. The maximum Gasteiger partial charge on any atom is 0.379 e. The molecule has 17 heavy (non-hydrogen) atoms. The molecule has 1 aromatic carbocycles. The molecule has 4 nitrogen and oxygen atoms in total. The monoisotopic (exact) mass is 231 g/mol. The minimum Gasteiger partial charge on any atom is -0.460 e. The molecule has 2 N–H and O–H groups in total. The average Bonchev–Trinajstić information content (AvgIpc) is 2.36. The molecule has 1 rings (SSSR count). The fourth-order valence-corrected chi connectivity index (χ4v) is 1.17. The first kappa shape index (κ1) is 12.9. The van der Waals surface area contributed by atoms with E-state index in [1.165, 1.54) is 0 Å². The van der Waals surface area contributed by atoms with Crippen LogP contribution in [0.15, 0.2) is 24.3 Å². The summed E-state index contributed by atoms with van der Waals surface area (Å²) in [5.74, 6) is 4.03. The Morgan fingerprint density at radius 3 is 2.47 bits per heavy atom. The Labute approximate surface area is 99.8 Å². The van der Waals surface area contributed by atoms with Crippen LogP contribution in [0.3, 0.4) is 0 Å². The number of esters is 1. The molecule has 0 saturated heterocycles. The van der Waals surface area contributed by atoms with E-state index in [1.807, 2.05) is 0 Å². The van der Waals surface area contributed by atoms with E-state index in [4.69, 9.17) is 5.73 Å². The summed E-state index contributed by atoms with van der Waals surface area (Å²) in [5.41, 5.74) is 6.28. The van der Waals surface area contributed by atoms with Crippen molar-refractivity contribution in [1.82, 2.24) is 0 Å². The predicted octanol–water partition coefficient (Wildman–Crippen LogP) is 0.743. The van der Waals surface area contributed by atoms with Crippen LogP contribution < -0.4 is 5.73 Å². The number of ketones is 1. The molecule has 0 aliphatic heterocycles. The van der Waals surface area contributed by atoms with Crippen LogP contribution in [0.5, 0.6) is 0 Å². The van der Waals surface area contributed by atoms with E-state index >= 15 is 0 Å². The topological polar surface area (TPSA) is 69.4 Å². The smallest absolute Gasteiger partial charge is 0.379 e. The van der Waals surface area contributed by atoms with Gasteiger partial charge in [-0.15, -0.1) is 0 Å². The zero-order chi connectivity index (χ0) is 12.7. The van der Waals surface area contributed by atoms with Crippen LogP contribution in [0.25, 0.3) is 0 Å². The van der Waals surface area contributed by atoms with Crippen molar-refractivity contribution in [2.45, 2.75) is 6.92 Å². The number of nitrogens with two attached hydrogens (primary N) is 1. The van der Waals surface area contributed by atoms with Gasteiger partial charge in [-0.1, -0.05) is 11.8 Å². The molecule has 88 valence electrons. The molecular weight excluding hydrogens is 218 g/mol. The van der Waals surface area contributed by atoms with Crippen molar-refractivity contribution in [1.29, 1.82) is 0 Å². The summed E-state index contributed by atoms with van der Waals surface area (Å²) >= 11 is 0. The van der Waals surface area contributed by atoms with Gasteiger partial charge in [-0.2, -0.15) is 0 Å².